The van der Waals surface area contributed by atoms with E-state index in [2.05, 4.69) is 5.32 Å². The molecule has 0 saturated carbocycles. The molecule has 2 heterocycles. The number of hydrogen-bond donors (Lipinski definition) is 1. The summed E-state index contributed by atoms with van der Waals surface area (Å²) in [6, 6.07) is 9.36. The normalized spacial score (nSPS) is 19.2. The molecule has 0 unspecified atom stereocenters. The molecule has 0 radical (unpaired) electrons. The fourth-order valence-electron chi connectivity index (χ4n) is 2.19. The maximum atomic E-state index is 11.9. The maximum absolute atomic E-state index is 11.9. The first kappa shape index (κ1) is 11.3. The lowest BCUT2D eigenvalue weighted by Crippen LogP contribution is -2.31. The van der Waals surface area contributed by atoms with E-state index in [0.29, 0.717) is 12.3 Å². The molecule has 4 heteroatoms. The first-order valence-corrected chi connectivity index (χ1v) is 6.21. The molecule has 18 heavy (non-hydrogen) atoms. The van der Waals surface area contributed by atoms with Crippen LogP contribution in [0, 0.1) is 0 Å². The van der Waals surface area contributed by atoms with Gasteiger partial charge in [-0.3, -0.25) is 4.79 Å². The van der Waals surface area contributed by atoms with Crippen LogP contribution in [-0.2, 0) is 4.74 Å². The smallest absolute Gasteiger partial charge is 0.287 e. The topological polar surface area (TPSA) is 51.5 Å². The first-order chi connectivity index (χ1) is 8.83. The molecule has 0 bridgehead atoms. The molecule has 1 aliphatic heterocycles. The molecule has 94 valence electrons. The number of rotatable bonds is 3. The van der Waals surface area contributed by atoms with Gasteiger partial charge in [0, 0.05) is 18.5 Å². The van der Waals surface area contributed by atoms with Crippen molar-refractivity contribution in [1.82, 2.24) is 5.32 Å². The number of amides is 1. The Hall–Kier alpha value is -1.81. The van der Waals surface area contributed by atoms with E-state index in [1.807, 2.05) is 24.3 Å². The van der Waals surface area contributed by atoms with Gasteiger partial charge < -0.3 is 14.5 Å². The standard InChI is InChI=1S/C14H15NO3/c16-14(15-9-11-5-3-7-17-11)13-8-10-4-1-2-6-12(10)18-13/h1-2,4,6,8,11H,3,5,7,9H2,(H,15,16)/t11-/m1/s1. The zero-order valence-corrected chi connectivity index (χ0v) is 10.0. The van der Waals surface area contributed by atoms with Crippen LogP contribution < -0.4 is 5.32 Å². The van der Waals surface area contributed by atoms with Crippen molar-refractivity contribution in [1.29, 1.82) is 0 Å². The summed E-state index contributed by atoms with van der Waals surface area (Å²) >= 11 is 0. The molecule has 0 spiro atoms. The Balaban J connectivity index is 1.67. The third-order valence-corrected chi connectivity index (χ3v) is 3.16. The minimum atomic E-state index is -0.179. The second-order valence-electron chi connectivity index (χ2n) is 4.49. The van der Waals surface area contributed by atoms with Gasteiger partial charge in [0.25, 0.3) is 5.91 Å². The highest BCUT2D eigenvalue weighted by atomic mass is 16.5. The minimum absolute atomic E-state index is 0.151. The second-order valence-corrected chi connectivity index (χ2v) is 4.49. The highest BCUT2D eigenvalue weighted by Crippen LogP contribution is 2.18. The quantitative estimate of drug-likeness (QED) is 0.903. The van der Waals surface area contributed by atoms with Crippen molar-refractivity contribution in [3.63, 3.8) is 0 Å². The van der Waals surface area contributed by atoms with Gasteiger partial charge in [0.15, 0.2) is 5.76 Å². The highest BCUT2D eigenvalue weighted by molar-refractivity contribution is 5.96. The number of para-hydroxylation sites is 1. The number of carbonyl (C=O) groups is 1. The largest absolute Gasteiger partial charge is 0.451 e. The van der Waals surface area contributed by atoms with Crippen LogP contribution in [0.3, 0.4) is 0 Å². The Labute approximate surface area is 105 Å². The Morgan fingerprint density at radius 1 is 1.39 bits per heavy atom. The van der Waals surface area contributed by atoms with E-state index in [-0.39, 0.29) is 12.0 Å². The van der Waals surface area contributed by atoms with Crippen molar-refractivity contribution in [2.75, 3.05) is 13.2 Å². The molecule has 0 aliphatic carbocycles. The average molecular weight is 245 g/mol. The number of benzene rings is 1. The van der Waals surface area contributed by atoms with E-state index in [9.17, 15) is 4.79 Å². The van der Waals surface area contributed by atoms with Gasteiger partial charge >= 0.3 is 0 Å². The molecule has 1 fully saturated rings. The van der Waals surface area contributed by atoms with Gasteiger partial charge in [-0.25, -0.2) is 0 Å². The fraction of sp³-hybridized carbons (Fsp3) is 0.357. The molecule has 1 N–H and O–H groups in total. The monoisotopic (exact) mass is 245 g/mol. The molecule has 1 aliphatic rings. The third kappa shape index (κ3) is 2.24. The molecule has 1 saturated heterocycles. The number of ether oxygens (including phenoxy) is 1. The van der Waals surface area contributed by atoms with Crippen LogP contribution in [0.2, 0.25) is 0 Å². The Bertz CT molecular complexity index is 522. The summed E-state index contributed by atoms with van der Waals surface area (Å²) in [5, 5.41) is 3.79. The van der Waals surface area contributed by atoms with Crippen LogP contribution in [0.5, 0.6) is 0 Å². The lowest BCUT2D eigenvalue weighted by atomic mass is 10.2. The highest BCUT2D eigenvalue weighted by Gasteiger charge is 2.18. The SMILES string of the molecule is O=C(NC[C@H]1CCCO1)c1cc2ccccc2o1. The lowest BCUT2D eigenvalue weighted by molar-refractivity contribution is 0.0837. The van der Waals surface area contributed by atoms with Crippen molar-refractivity contribution < 1.29 is 13.9 Å². The number of carbonyl (C=O) groups excluding carboxylic acids is 1. The zero-order valence-electron chi connectivity index (χ0n) is 10.0. The van der Waals surface area contributed by atoms with Crippen LogP contribution in [0.1, 0.15) is 23.4 Å². The Morgan fingerprint density at radius 2 is 2.28 bits per heavy atom. The maximum Gasteiger partial charge on any atom is 0.287 e. The van der Waals surface area contributed by atoms with E-state index in [1.54, 1.807) is 6.07 Å². The van der Waals surface area contributed by atoms with Crippen LogP contribution >= 0.6 is 0 Å². The summed E-state index contributed by atoms with van der Waals surface area (Å²) in [5.74, 6) is 0.177. The summed E-state index contributed by atoms with van der Waals surface area (Å²) < 4.78 is 10.9. The molecule has 4 nitrogen and oxygen atoms in total. The number of hydrogen-bond acceptors (Lipinski definition) is 3. The number of fused-ring (bicyclic) bond motifs is 1. The molecule has 1 amide bonds. The van der Waals surface area contributed by atoms with Gasteiger partial charge in [-0.15, -0.1) is 0 Å². The summed E-state index contributed by atoms with van der Waals surface area (Å²) in [6.07, 6.45) is 2.24. The van der Waals surface area contributed by atoms with Gasteiger partial charge in [0.05, 0.1) is 6.10 Å². The van der Waals surface area contributed by atoms with Crippen LogP contribution in [-0.4, -0.2) is 25.2 Å². The molecule has 3 rings (SSSR count). The molecular weight excluding hydrogens is 230 g/mol. The van der Waals surface area contributed by atoms with Crippen LogP contribution in [0.4, 0.5) is 0 Å². The van der Waals surface area contributed by atoms with Gasteiger partial charge in [0.1, 0.15) is 5.58 Å². The number of furan rings is 1. The average Bonchev–Trinajstić information content (AvgIpc) is 3.04. The molecule has 1 aromatic heterocycles. The van der Waals surface area contributed by atoms with Crippen molar-refractivity contribution in [2.45, 2.75) is 18.9 Å². The van der Waals surface area contributed by atoms with Crippen molar-refractivity contribution >= 4 is 16.9 Å². The van der Waals surface area contributed by atoms with Gasteiger partial charge in [-0.05, 0) is 25.0 Å². The summed E-state index contributed by atoms with van der Waals surface area (Å²) in [5.41, 5.74) is 0.736. The molecular formula is C14H15NO3. The number of nitrogens with one attached hydrogen (secondary N) is 1. The van der Waals surface area contributed by atoms with Crippen molar-refractivity contribution in [3.05, 3.63) is 36.1 Å². The molecule has 1 aromatic carbocycles. The Kier molecular flexibility index (Phi) is 3.02. The molecule has 2 aromatic rings. The summed E-state index contributed by atoms with van der Waals surface area (Å²) in [4.78, 5) is 11.9. The minimum Gasteiger partial charge on any atom is -0.451 e. The fourth-order valence-corrected chi connectivity index (χ4v) is 2.19. The van der Waals surface area contributed by atoms with Crippen LogP contribution in [0.25, 0.3) is 11.0 Å². The van der Waals surface area contributed by atoms with Crippen molar-refractivity contribution in [2.24, 2.45) is 0 Å². The predicted molar refractivity (Wildman–Crippen MR) is 67.5 cm³/mol. The molecule has 1 atom stereocenters. The van der Waals surface area contributed by atoms with Gasteiger partial charge in [0.2, 0.25) is 0 Å². The van der Waals surface area contributed by atoms with E-state index in [0.717, 1.165) is 30.4 Å². The van der Waals surface area contributed by atoms with Gasteiger partial charge in [-0.2, -0.15) is 0 Å². The van der Waals surface area contributed by atoms with E-state index >= 15 is 0 Å². The van der Waals surface area contributed by atoms with Gasteiger partial charge in [-0.1, -0.05) is 18.2 Å². The van der Waals surface area contributed by atoms with E-state index in [4.69, 9.17) is 9.15 Å². The summed E-state index contributed by atoms with van der Waals surface area (Å²) in [6.45, 7) is 1.35. The Morgan fingerprint density at radius 3 is 3.06 bits per heavy atom. The predicted octanol–water partition coefficient (Wildman–Crippen LogP) is 2.34. The second kappa shape index (κ2) is 4.82. The van der Waals surface area contributed by atoms with E-state index in [1.165, 1.54) is 0 Å². The summed E-state index contributed by atoms with van der Waals surface area (Å²) in [7, 11) is 0. The van der Waals surface area contributed by atoms with Crippen LogP contribution in [0.15, 0.2) is 34.7 Å². The first-order valence-electron chi connectivity index (χ1n) is 6.21. The zero-order chi connectivity index (χ0) is 12.4. The third-order valence-electron chi connectivity index (χ3n) is 3.16. The lowest BCUT2D eigenvalue weighted by Gasteiger charge is -2.09. The van der Waals surface area contributed by atoms with Crippen molar-refractivity contribution in [3.8, 4) is 0 Å². The van der Waals surface area contributed by atoms with E-state index < -0.39 is 0 Å².